The number of Topliss-reactive ketones (excluding diaryl/α,β-unsaturated/α-hetero) is 2. The van der Waals surface area contributed by atoms with E-state index in [2.05, 4.69) is 73.0 Å². The largest absolute Gasteiger partial charge is 0.342 e. The van der Waals surface area contributed by atoms with Crippen molar-refractivity contribution < 1.29 is 9.59 Å². The predicted octanol–water partition coefficient (Wildman–Crippen LogP) is 8.25. The minimum Gasteiger partial charge on any atom is -0.342 e. The molecule has 2 N–H and O–H groups in total. The van der Waals surface area contributed by atoms with Crippen molar-refractivity contribution in [2.75, 3.05) is 10.6 Å². The quantitative estimate of drug-likeness (QED) is 0.234. The van der Waals surface area contributed by atoms with E-state index in [0.29, 0.717) is 19.3 Å². The Morgan fingerprint density at radius 3 is 2.09 bits per heavy atom. The van der Waals surface area contributed by atoms with Gasteiger partial charge < -0.3 is 10.6 Å². The summed E-state index contributed by atoms with van der Waals surface area (Å²) in [7, 11) is 0. The van der Waals surface area contributed by atoms with Crippen LogP contribution in [0.4, 0.5) is 11.6 Å². The molecule has 8 rings (SSSR count). The molecule has 0 spiro atoms. The van der Waals surface area contributed by atoms with E-state index in [9.17, 15) is 9.59 Å². The molecule has 2 aromatic carbocycles. The predicted molar refractivity (Wildman–Crippen MR) is 176 cm³/mol. The topological polar surface area (TPSA) is 84.0 Å². The fourth-order valence-electron chi connectivity index (χ4n) is 8.28. The van der Waals surface area contributed by atoms with Crippen LogP contribution in [0.15, 0.2) is 88.7 Å². The molecular weight excluding hydrogens is 585 g/mol. The van der Waals surface area contributed by atoms with E-state index >= 15 is 0 Å². The second kappa shape index (κ2) is 10.3. The Morgan fingerprint density at radius 2 is 1.41 bits per heavy atom. The van der Waals surface area contributed by atoms with Gasteiger partial charge >= 0.3 is 0 Å². The van der Waals surface area contributed by atoms with Crippen LogP contribution < -0.4 is 10.6 Å². The smallest absolute Gasteiger partial charge is 0.162 e. The summed E-state index contributed by atoms with van der Waals surface area (Å²) in [5.74, 6) is 2.05. The zero-order valence-corrected chi connectivity index (χ0v) is 26.5. The van der Waals surface area contributed by atoms with Gasteiger partial charge in [0.05, 0.1) is 31.1 Å². The zero-order valence-electron chi connectivity index (χ0n) is 24.9. The van der Waals surface area contributed by atoms with Gasteiger partial charge in [0.15, 0.2) is 11.6 Å². The second-order valence-electron chi connectivity index (χ2n) is 12.3. The number of allylic oxidation sites excluding steroid dienone is 4. The van der Waals surface area contributed by atoms with Gasteiger partial charge in [0.2, 0.25) is 0 Å². The average Bonchev–Trinajstić information content (AvgIpc) is 3.71. The van der Waals surface area contributed by atoms with Crippen LogP contribution >= 0.6 is 22.7 Å². The molecule has 4 aromatic rings. The van der Waals surface area contributed by atoms with Gasteiger partial charge in [-0.25, -0.2) is 9.97 Å². The van der Waals surface area contributed by atoms with E-state index in [0.717, 1.165) is 85.7 Å². The number of benzene rings is 2. The summed E-state index contributed by atoms with van der Waals surface area (Å²) in [5.41, 5.74) is 6.87. The molecule has 2 unspecified atom stereocenters. The molecule has 44 heavy (non-hydrogen) atoms. The van der Waals surface area contributed by atoms with Gasteiger partial charge in [-0.1, -0.05) is 74.5 Å². The Morgan fingerprint density at radius 1 is 0.773 bits per heavy atom. The summed E-state index contributed by atoms with van der Waals surface area (Å²) in [6, 6.07) is 20.9. The number of rotatable bonds is 5. The third-order valence-electron chi connectivity index (χ3n) is 10.2. The highest BCUT2D eigenvalue weighted by molar-refractivity contribution is 7.12. The fraction of sp³-hybridized carbons (Fsp3) is 0.333. The van der Waals surface area contributed by atoms with Crippen LogP contribution in [0.25, 0.3) is 0 Å². The maximum Gasteiger partial charge on any atom is 0.162 e. The lowest BCUT2D eigenvalue weighted by molar-refractivity contribution is -0.117. The molecule has 0 saturated carbocycles. The highest BCUT2D eigenvalue weighted by Crippen LogP contribution is 2.57. The number of nitrogens with zero attached hydrogens (tertiary/aromatic N) is 2. The van der Waals surface area contributed by atoms with Gasteiger partial charge in [0.1, 0.15) is 11.6 Å². The van der Waals surface area contributed by atoms with Crippen LogP contribution in [-0.4, -0.2) is 21.5 Å². The van der Waals surface area contributed by atoms with Gasteiger partial charge in [-0.2, -0.15) is 0 Å². The van der Waals surface area contributed by atoms with E-state index in [-0.39, 0.29) is 17.5 Å². The van der Waals surface area contributed by atoms with E-state index < -0.39 is 10.8 Å². The molecule has 8 heteroatoms. The van der Waals surface area contributed by atoms with Crippen molar-refractivity contribution in [3.05, 3.63) is 115 Å². The molecule has 0 saturated heterocycles. The molecule has 2 aliphatic heterocycles. The minimum atomic E-state index is -0.545. The number of carbonyl (C=O) groups excluding carboxylic acids is 2. The lowest BCUT2D eigenvalue weighted by Crippen LogP contribution is -2.41. The molecule has 6 nitrogen and oxygen atoms in total. The third kappa shape index (κ3) is 3.76. The number of hydrogen-bond donors (Lipinski definition) is 2. The first kappa shape index (κ1) is 27.7. The number of ketones is 2. The Bertz CT molecular complexity index is 1870. The van der Waals surface area contributed by atoms with Crippen molar-refractivity contribution in [3.63, 3.8) is 0 Å². The highest BCUT2D eigenvalue weighted by Gasteiger charge is 2.52. The van der Waals surface area contributed by atoms with Crippen molar-refractivity contribution in [3.8, 4) is 0 Å². The number of fused-ring (bicyclic) bond motifs is 2. The normalized spacial score (nSPS) is 25.9. The van der Waals surface area contributed by atoms with Crippen LogP contribution in [0.3, 0.4) is 0 Å². The number of hydrogen-bond acceptors (Lipinski definition) is 8. The Labute approximate surface area is 265 Å². The summed E-state index contributed by atoms with van der Waals surface area (Å²) in [5, 5.41) is 8.16. The molecule has 0 radical (unpaired) electrons. The molecule has 2 aromatic heterocycles. The standard InChI is InChI=1S/C36H34N4O2S2/c1-3-35(22-12-7-5-8-13-22)29-25(39-32-30(35)43-20-37-32)18-21(19-27(29)42)34-40-33-31(44-34)36(4-2,23-14-9-6-10-15-23)28-24(38-33)16-11-17-26(28)41/h5-10,12-15,20-21,38-39H,3-4,11,16-19H2,1-2H3/t21?,35?,36-/m1/s1. The maximum absolute atomic E-state index is 14.4. The first-order valence-electron chi connectivity index (χ1n) is 15.6. The number of carbonyl (C=O) groups is 2. The number of thiazole rings is 2. The molecule has 0 amide bonds. The first-order chi connectivity index (χ1) is 21.5. The van der Waals surface area contributed by atoms with Crippen molar-refractivity contribution in [2.45, 2.75) is 75.5 Å². The van der Waals surface area contributed by atoms with Crippen LogP contribution in [0.1, 0.15) is 90.6 Å². The molecule has 3 atom stereocenters. The van der Waals surface area contributed by atoms with Crippen LogP contribution in [0.2, 0.25) is 0 Å². The van der Waals surface area contributed by atoms with E-state index in [1.165, 1.54) is 0 Å². The Kier molecular flexibility index (Phi) is 6.50. The fourth-order valence-corrected chi connectivity index (χ4v) is 10.7. The molecule has 222 valence electrons. The lowest BCUT2D eigenvalue weighted by atomic mass is 9.64. The zero-order chi connectivity index (χ0) is 30.1. The summed E-state index contributed by atoms with van der Waals surface area (Å²) in [6.07, 6.45) is 4.92. The second-order valence-corrected chi connectivity index (χ2v) is 14.2. The third-order valence-corrected chi connectivity index (χ3v) is 12.6. The van der Waals surface area contributed by atoms with E-state index in [1.807, 2.05) is 17.6 Å². The lowest BCUT2D eigenvalue weighted by Gasteiger charge is -2.42. The van der Waals surface area contributed by atoms with Gasteiger partial charge in [-0.3, -0.25) is 9.59 Å². The van der Waals surface area contributed by atoms with Crippen LogP contribution in [-0.2, 0) is 20.4 Å². The van der Waals surface area contributed by atoms with Crippen molar-refractivity contribution >= 4 is 45.9 Å². The molecule has 4 heterocycles. The molecule has 4 aliphatic rings. The summed E-state index contributed by atoms with van der Waals surface area (Å²) >= 11 is 3.30. The van der Waals surface area contributed by atoms with E-state index in [4.69, 9.17) is 9.97 Å². The van der Waals surface area contributed by atoms with Gasteiger partial charge in [0.25, 0.3) is 0 Å². The first-order valence-corrected chi connectivity index (χ1v) is 17.3. The highest BCUT2D eigenvalue weighted by atomic mass is 32.1. The number of nitrogens with one attached hydrogen (secondary N) is 2. The number of aromatic nitrogens is 2. The maximum atomic E-state index is 14.4. The molecule has 2 aliphatic carbocycles. The van der Waals surface area contributed by atoms with Gasteiger partial charge in [0, 0.05) is 41.3 Å². The monoisotopic (exact) mass is 618 g/mol. The van der Waals surface area contributed by atoms with Crippen molar-refractivity contribution in [2.24, 2.45) is 0 Å². The summed E-state index contributed by atoms with van der Waals surface area (Å²) in [6.45, 7) is 4.36. The summed E-state index contributed by atoms with van der Waals surface area (Å²) in [4.78, 5) is 40.1. The summed E-state index contributed by atoms with van der Waals surface area (Å²) < 4.78 is 0. The molecular formula is C36H34N4O2S2. The van der Waals surface area contributed by atoms with Gasteiger partial charge in [-0.15, -0.1) is 22.7 Å². The van der Waals surface area contributed by atoms with Crippen LogP contribution in [0, 0.1) is 0 Å². The van der Waals surface area contributed by atoms with E-state index in [1.54, 1.807) is 22.7 Å². The van der Waals surface area contributed by atoms with Crippen LogP contribution in [0.5, 0.6) is 0 Å². The molecule has 0 bridgehead atoms. The SMILES string of the molecule is CCC1(c2ccccc2)C2=C(CC(c3nc4c(s3)[C@](CC)(c3ccccc3)C3=C(CCCC3=O)N4)CC2=O)Nc2ncsc21. The minimum absolute atomic E-state index is 0.0604. The Hall–Kier alpha value is -3.88. The molecule has 0 fully saturated rings. The number of anilines is 2. The average molecular weight is 619 g/mol. The van der Waals surface area contributed by atoms with Crippen molar-refractivity contribution in [1.82, 2.24) is 9.97 Å². The Balaban J connectivity index is 1.25. The van der Waals surface area contributed by atoms with Crippen molar-refractivity contribution in [1.29, 1.82) is 0 Å². The van der Waals surface area contributed by atoms with Gasteiger partial charge in [-0.05, 0) is 43.2 Å².